The fourth-order valence-corrected chi connectivity index (χ4v) is 10.8. The summed E-state index contributed by atoms with van der Waals surface area (Å²) in [4.78, 5) is 2.47. The molecule has 0 aliphatic heterocycles. The fraction of sp³-hybridized carbons (Fsp3) is 0.0448. The third kappa shape index (κ3) is 7.21. The highest BCUT2D eigenvalue weighted by Crippen LogP contribution is 2.53. The molecule has 0 unspecified atom stereocenters. The molecular weight excluding hydrogens is 819 g/mol. The monoisotopic (exact) mass is 867 g/mol. The van der Waals surface area contributed by atoms with Gasteiger partial charge in [0, 0.05) is 22.4 Å². The van der Waals surface area contributed by atoms with Gasteiger partial charge in [-0.25, -0.2) is 0 Å². The van der Waals surface area contributed by atoms with Crippen LogP contribution in [-0.4, -0.2) is 0 Å². The number of rotatable bonds is 9. The number of anilines is 3. The minimum absolute atomic E-state index is 0.153. The van der Waals surface area contributed by atoms with Crippen LogP contribution in [0.2, 0.25) is 0 Å². The molecule has 68 heavy (non-hydrogen) atoms. The molecule has 11 aromatic carbocycles. The van der Waals surface area contributed by atoms with Crippen LogP contribution in [0.1, 0.15) is 25.0 Å². The second kappa shape index (κ2) is 17.0. The minimum Gasteiger partial charge on any atom is -0.310 e. The molecule has 0 amide bonds. The van der Waals surface area contributed by atoms with Crippen LogP contribution in [0.15, 0.2) is 261 Å². The zero-order chi connectivity index (χ0) is 45.6. The van der Waals surface area contributed by atoms with E-state index in [-0.39, 0.29) is 5.41 Å². The first-order chi connectivity index (χ1) is 33.5. The Morgan fingerprint density at radius 3 is 1.51 bits per heavy atom. The first-order valence-corrected chi connectivity index (χ1v) is 23.7. The molecule has 322 valence electrons. The lowest BCUT2D eigenvalue weighted by molar-refractivity contribution is 0.662. The average molecular weight is 868 g/mol. The maximum atomic E-state index is 2.47. The van der Waals surface area contributed by atoms with E-state index in [1.807, 2.05) is 0 Å². The van der Waals surface area contributed by atoms with Crippen molar-refractivity contribution in [2.24, 2.45) is 0 Å². The molecule has 0 saturated carbocycles. The van der Waals surface area contributed by atoms with Crippen molar-refractivity contribution in [1.29, 1.82) is 0 Å². The van der Waals surface area contributed by atoms with Crippen molar-refractivity contribution in [3.8, 4) is 77.9 Å². The van der Waals surface area contributed by atoms with Crippen molar-refractivity contribution in [3.63, 3.8) is 0 Å². The Morgan fingerprint density at radius 1 is 0.279 bits per heavy atom. The summed E-state index contributed by atoms with van der Waals surface area (Å²) in [6.45, 7) is 4.75. The quantitative estimate of drug-likeness (QED) is 0.140. The molecule has 12 rings (SSSR count). The Kier molecular flexibility index (Phi) is 10.3. The van der Waals surface area contributed by atoms with Gasteiger partial charge in [0.15, 0.2) is 0 Å². The van der Waals surface area contributed by atoms with Gasteiger partial charge in [0.25, 0.3) is 0 Å². The lowest BCUT2D eigenvalue weighted by atomic mass is 9.79. The lowest BCUT2D eigenvalue weighted by Gasteiger charge is -2.31. The molecule has 0 bridgehead atoms. The number of fused-ring (bicyclic) bond motifs is 4. The van der Waals surface area contributed by atoms with Crippen LogP contribution in [0.25, 0.3) is 88.7 Å². The van der Waals surface area contributed by atoms with Crippen molar-refractivity contribution < 1.29 is 0 Å². The molecule has 11 aromatic rings. The van der Waals surface area contributed by atoms with E-state index < -0.39 is 0 Å². The number of hydrogen-bond acceptors (Lipinski definition) is 1. The van der Waals surface area contributed by atoms with Crippen LogP contribution in [0.3, 0.4) is 0 Å². The van der Waals surface area contributed by atoms with Crippen LogP contribution in [-0.2, 0) is 5.41 Å². The molecule has 1 aliphatic carbocycles. The fourth-order valence-electron chi connectivity index (χ4n) is 10.8. The Labute approximate surface area is 399 Å². The smallest absolute Gasteiger partial charge is 0.0546 e. The van der Waals surface area contributed by atoms with E-state index in [0.717, 1.165) is 17.1 Å². The summed E-state index contributed by atoms with van der Waals surface area (Å²) < 4.78 is 0. The van der Waals surface area contributed by atoms with Gasteiger partial charge in [-0.3, -0.25) is 0 Å². The van der Waals surface area contributed by atoms with Crippen LogP contribution >= 0.6 is 0 Å². The Hall–Kier alpha value is -8.52. The number of hydrogen-bond donors (Lipinski definition) is 0. The van der Waals surface area contributed by atoms with Gasteiger partial charge in [-0.05, 0) is 131 Å². The van der Waals surface area contributed by atoms with Gasteiger partial charge >= 0.3 is 0 Å². The zero-order valence-electron chi connectivity index (χ0n) is 38.3. The van der Waals surface area contributed by atoms with Crippen LogP contribution < -0.4 is 4.90 Å². The molecule has 1 aliphatic rings. The normalized spacial score (nSPS) is 12.4. The summed E-state index contributed by atoms with van der Waals surface area (Å²) in [5.41, 5.74) is 22.8. The largest absolute Gasteiger partial charge is 0.310 e. The van der Waals surface area contributed by atoms with Gasteiger partial charge in [-0.15, -0.1) is 0 Å². The molecular formula is C67H49N. The van der Waals surface area contributed by atoms with Gasteiger partial charge in [-0.1, -0.05) is 238 Å². The number of nitrogens with zero attached hydrogens (tertiary/aromatic N) is 1. The van der Waals surface area contributed by atoms with Crippen molar-refractivity contribution in [2.75, 3.05) is 4.90 Å². The van der Waals surface area contributed by atoms with Crippen LogP contribution in [0, 0.1) is 0 Å². The SMILES string of the molecule is CC1(C)c2ccccc2-c2cccc(-c3cccc(N(c4ccc(-c5ccc(-c6ccc7ccccc7c6)cc5)cc4)c4cccc(-c5ccccc5)c4-c4ccccc4-c4ccccc4)c3)c21. The summed E-state index contributed by atoms with van der Waals surface area (Å²) >= 11 is 0. The second-order valence-electron chi connectivity index (χ2n) is 18.4. The van der Waals surface area contributed by atoms with Gasteiger partial charge in [0.05, 0.1) is 5.69 Å². The van der Waals surface area contributed by atoms with Gasteiger partial charge < -0.3 is 4.90 Å². The van der Waals surface area contributed by atoms with Crippen molar-refractivity contribution >= 4 is 27.8 Å². The predicted octanol–water partition coefficient (Wildman–Crippen LogP) is 18.6. The van der Waals surface area contributed by atoms with Crippen LogP contribution in [0.5, 0.6) is 0 Å². The van der Waals surface area contributed by atoms with Gasteiger partial charge in [0.2, 0.25) is 0 Å². The van der Waals surface area contributed by atoms with E-state index in [2.05, 4.69) is 280 Å². The summed E-state index contributed by atoms with van der Waals surface area (Å²) in [5.74, 6) is 0. The highest BCUT2D eigenvalue weighted by molar-refractivity contribution is 6.01. The van der Waals surface area contributed by atoms with E-state index in [1.165, 1.54) is 99.8 Å². The van der Waals surface area contributed by atoms with E-state index in [9.17, 15) is 0 Å². The summed E-state index contributed by atoms with van der Waals surface area (Å²) in [6, 6.07) is 95.7. The van der Waals surface area contributed by atoms with E-state index in [4.69, 9.17) is 0 Å². The van der Waals surface area contributed by atoms with Gasteiger partial charge in [-0.2, -0.15) is 0 Å². The van der Waals surface area contributed by atoms with E-state index in [0.29, 0.717) is 0 Å². The molecule has 0 heterocycles. The standard InChI is InChI=1S/C67H49N/c1-67(2)63-32-14-13-27-60(63)62-31-16-30-59(66(62)67)54-24-15-25-56(45-54)68(55-42-40-48(41-43-55)47-34-36-49(37-35-47)53-39-38-46-18-9-10-23-52(46)44-53)64-33-17-29-58(51-21-7-4-8-22-51)65(64)61-28-12-11-26-57(61)50-19-5-3-6-20-50/h3-45H,1-2H3. The molecule has 0 atom stereocenters. The third-order valence-corrected chi connectivity index (χ3v) is 14.1. The highest BCUT2D eigenvalue weighted by Gasteiger charge is 2.37. The minimum atomic E-state index is -0.153. The summed E-state index contributed by atoms with van der Waals surface area (Å²) in [7, 11) is 0. The van der Waals surface area contributed by atoms with Crippen molar-refractivity contribution in [1.82, 2.24) is 0 Å². The number of benzene rings is 11. The third-order valence-electron chi connectivity index (χ3n) is 14.1. The molecule has 0 spiro atoms. The topological polar surface area (TPSA) is 3.24 Å². The highest BCUT2D eigenvalue weighted by atomic mass is 15.1. The molecule has 1 nitrogen and oxygen atoms in total. The zero-order valence-corrected chi connectivity index (χ0v) is 38.3. The molecule has 0 aromatic heterocycles. The van der Waals surface area contributed by atoms with Crippen LogP contribution in [0.4, 0.5) is 17.1 Å². The Balaban J connectivity index is 1.03. The van der Waals surface area contributed by atoms with E-state index in [1.54, 1.807) is 0 Å². The first-order valence-electron chi connectivity index (χ1n) is 23.7. The molecule has 0 saturated heterocycles. The Morgan fingerprint density at radius 2 is 0.779 bits per heavy atom. The average Bonchev–Trinajstić information content (AvgIpc) is 3.65. The molecule has 0 N–H and O–H groups in total. The summed E-state index contributed by atoms with van der Waals surface area (Å²) in [6.07, 6.45) is 0. The maximum absolute atomic E-state index is 2.47. The van der Waals surface area contributed by atoms with Crippen molar-refractivity contribution in [2.45, 2.75) is 19.3 Å². The first kappa shape index (κ1) is 40.9. The Bertz CT molecular complexity index is 3620. The molecule has 0 fully saturated rings. The maximum Gasteiger partial charge on any atom is 0.0546 e. The van der Waals surface area contributed by atoms with Crippen molar-refractivity contribution in [3.05, 3.63) is 272 Å². The predicted molar refractivity (Wildman–Crippen MR) is 289 cm³/mol. The van der Waals surface area contributed by atoms with Gasteiger partial charge in [0.1, 0.15) is 0 Å². The van der Waals surface area contributed by atoms with E-state index >= 15 is 0 Å². The molecule has 1 heteroatoms. The molecule has 0 radical (unpaired) electrons. The second-order valence-corrected chi connectivity index (χ2v) is 18.4. The lowest BCUT2D eigenvalue weighted by Crippen LogP contribution is -2.16. The summed E-state index contributed by atoms with van der Waals surface area (Å²) in [5, 5.41) is 2.51.